The molecule has 0 spiro atoms. The van der Waals surface area contributed by atoms with E-state index in [0.717, 1.165) is 30.6 Å². The molecule has 0 radical (unpaired) electrons. The van der Waals surface area contributed by atoms with Crippen LogP contribution in [0.15, 0.2) is 6.07 Å². The maximum atomic E-state index is 11.8. The van der Waals surface area contributed by atoms with Crippen molar-refractivity contribution < 1.29 is 9.53 Å². The van der Waals surface area contributed by atoms with Crippen LogP contribution in [0, 0.1) is 0 Å². The molecule has 1 aromatic rings. The average molecular weight is 216 g/mol. The van der Waals surface area contributed by atoms with E-state index >= 15 is 0 Å². The van der Waals surface area contributed by atoms with Gasteiger partial charge in [0.05, 0.1) is 7.11 Å². The van der Waals surface area contributed by atoms with Crippen LogP contribution in [0.25, 0.3) is 0 Å². The molecule has 0 amide bonds. The van der Waals surface area contributed by atoms with Crippen molar-refractivity contribution in [3.05, 3.63) is 28.3 Å². The van der Waals surface area contributed by atoms with Gasteiger partial charge in [-0.25, -0.2) is 0 Å². The maximum absolute atomic E-state index is 11.8. The predicted molar refractivity (Wildman–Crippen MR) is 62.3 cm³/mol. The second-order valence-corrected chi connectivity index (χ2v) is 4.69. The van der Waals surface area contributed by atoms with Crippen LogP contribution in [-0.2, 0) is 19.3 Å². The van der Waals surface area contributed by atoms with Crippen LogP contribution < -0.4 is 4.74 Å². The van der Waals surface area contributed by atoms with E-state index in [9.17, 15) is 4.79 Å². The normalized spacial score (nSPS) is 18.2. The number of ether oxygens (including phenoxy) is 1. The summed E-state index contributed by atoms with van der Waals surface area (Å²) in [7, 11) is 1.70. The Bertz CT molecular complexity index is 460. The molecule has 2 aliphatic carbocycles. The third kappa shape index (κ3) is 1.29. The summed E-state index contributed by atoms with van der Waals surface area (Å²) in [5.41, 5.74) is 5.03. The Hall–Kier alpha value is -1.31. The first-order valence-corrected chi connectivity index (χ1v) is 6.06. The quantitative estimate of drug-likeness (QED) is 0.721. The highest BCUT2D eigenvalue weighted by molar-refractivity contribution is 6.01. The molecule has 2 nitrogen and oxygen atoms in total. The molecule has 0 N–H and O–H groups in total. The number of methoxy groups -OCH3 is 1. The summed E-state index contributed by atoms with van der Waals surface area (Å²) < 4.78 is 5.43. The molecule has 2 aliphatic rings. The fraction of sp³-hybridized carbons (Fsp3) is 0.500. The summed E-state index contributed by atoms with van der Waals surface area (Å²) in [6, 6.07) is 1.97. The first kappa shape index (κ1) is 9.88. The molecule has 2 heteroatoms. The van der Waals surface area contributed by atoms with Crippen molar-refractivity contribution in [3.8, 4) is 5.75 Å². The average Bonchev–Trinajstić information content (AvgIpc) is 2.70. The number of benzene rings is 1. The van der Waals surface area contributed by atoms with Crippen LogP contribution in [0.5, 0.6) is 5.75 Å². The SMILES string of the molecule is COc1cc2c(c3c1CCCC3)CCC2=O. The number of fused-ring (bicyclic) bond motifs is 3. The molecular formula is C14H16O2. The monoisotopic (exact) mass is 216 g/mol. The molecule has 16 heavy (non-hydrogen) atoms. The lowest BCUT2D eigenvalue weighted by Gasteiger charge is -2.21. The Morgan fingerprint density at radius 2 is 1.75 bits per heavy atom. The van der Waals surface area contributed by atoms with Crippen LogP contribution in [0.3, 0.4) is 0 Å². The van der Waals surface area contributed by atoms with Crippen LogP contribution >= 0.6 is 0 Å². The van der Waals surface area contributed by atoms with E-state index < -0.39 is 0 Å². The van der Waals surface area contributed by atoms with Gasteiger partial charge in [-0.1, -0.05) is 0 Å². The van der Waals surface area contributed by atoms with E-state index in [0.29, 0.717) is 12.2 Å². The standard InChI is InChI=1S/C14H16O2/c1-16-14-8-12-10(6-7-13(12)15)9-4-2-3-5-11(9)14/h8H,2-7H2,1H3. The lowest BCUT2D eigenvalue weighted by molar-refractivity contribution is 0.0994. The van der Waals surface area contributed by atoms with E-state index in [1.807, 2.05) is 6.07 Å². The van der Waals surface area contributed by atoms with Crippen LogP contribution in [0.2, 0.25) is 0 Å². The molecule has 84 valence electrons. The summed E-state index contributed by atoms with van der Waals surface area (Å²) >= 11 is 0. The number of hydrogen-bond donors (Lipinski definition) is 0. The van der Waals surface area contributed by atoms with Gasteiger partial charge in [-0.05, 0) is 54.9 Å². The topological polar surface area (TPSA) is 26.3 Å². The van der Waals surface area contributed by atoms with Crippen LogP contribution in [0.4, 0.5) is 0 Å². The molecule has 0 aromatic heterocycles. The van der Waals surface area contributed by atoms with Crippen molar-refractivity contribution in [2.75, 3.05) is 7.11 Å². The first-order valence-electron chi connectivity index (χ1n) is 6.06. The lowest BCUT2D eigenvalue weighted by atomic mass is 9.86. The van der Waals surface area contributed by atoms with Crippen molar-refractivity contribution >= 4 is 5.78 Å². The van der Waals surface area contributed by atoms with Crippen molar-refractivity contribution in [2.24, 2.45) is 0 Å². The molecule has 0 saturated carbocycles. The number of carbonyl (C=O) groups is 1. The number of carbonyl (C=O) groups excluding carboxylic acids is 1. The zero-order valence-corrected chi connectivity index (χ0v) is 9.64. The minimum atomic E-state index is 0.293. The molecule has 1 aromatic carbocycles. The van der Waals surface area contributed by atoms with E-state index in [4.69, 9.17) is 4.74 Å². The van der Waals surface area contributed by atoms with Gasteiger partial charge in [0.2, 0.25) is 0 Å². The third-order valence-electron chi connectivity index (χ3n) is 3.85. The van der Waals surface area contributed by atoms with Crippen molar-refractivity contribution in [1.82, 2.24) is 0 Å². The molecule has 0 saturated heterocycles. The number of rotatable bonds is 1. The third-order valence-corrected chi connectivity index (χ3v) is 3.85. The zero-order chi connectivity index (χ0) is 11.1. The Morgan fingerprint density at radius 3 is 2.50 bits per heavy atom. The van der Waals surface area contributed by atoms with E-state index in [-0.39, 0.29) is 0 Å². The number of hydrogen-bond acceptors (Lipinski definition) is 2. The molecule has 0 atom stereocenters. The Kier molecular flexibility index (Phi) is 2.23. The van der Waals surface area contributed by atoms with Gasteiger partial charge in [-0.2, -0.15) is 0 Å². The molecule has 0 fully saturated rings. The molecular weight excluding hydrogens is 200 g/mol. The van der Waals surface area contributed by atoms with Gasteiger partial charge in [0.25, 0.3) is 0 Å². The van der Waals surface area contributed by atoms with Crippen molar-refractivity contribution in [2.45, 2.75) is 38.5 Å². The van der Waals surface area contributed by atoms with Gasteiger partial charge >= 0.3 is 0 Å². The summed E-state index contributed by atoms with van der Waals surface area (Å²) in [4.78, 5) is 11.8. The van der Waals surface area contributed by atoms with Crippen molar-refractivity contribution in [3.63, 3.8) is 0 Å². The molecule has 0 bridgehead atoms. The van der Waals surface area contributed by atoms with Gasteiger partial charge in [-0.3, -0.25) is 4.79 Å². The minimum Gasteiger partial charge on any atom is -0.496 e. The highest BCUT2D eigenvalue weighted by Crippen LogP contribution is 2.38. The highest BCUT2D eigenvalue weighted by atomic mass is 16.5. The second-order valence-electron chi connectivity index (χ2n) is 4.69. The zero-order valence-electron chi connectivity index (χ0n) is 9.64. The maximum Gasteiger partial charge on any atom is 0.163 e. The molecule has 0 aliphatic heterocycles. The Morgan fingerprint density at radius 1 is 1.00 bits per heavy atom. The molecule has 0 unspecified atom stereocenters. The highest BCUT2D eigenvalue weighted by Gasteiger charge is 2.27. The van der Waals surface area contributed by atoms with Gasteiger partial charge < -0.3 is 4.74 Å². The summed E-state index contributed by atoms with van der Waals surface area (Å²) in [5, 5.41) is 0. The second kappa shape index (κ2) is 3.62. The van der Waals surface area contributed by atoms with Crippen molar-refractivity contribution in [1.29, 1.82) is 0 Å². The van der Waals surface area contributed by atoms with E-state index in [2.05, 4.69) is 0 Å². The Balaban J connectivity index is 2.24. The first-order chi connectivity index (χ1) is 7.81. The molecule has 3 rings (SSSR count). The summed E-state index contributed by atoms with van der Waals surface area (Å²) in [5.74, 6) is 1.23. The van der Waals surface area contributed by atoms with Gasteiger partial charge in [0.15, 0.2) is 5.78 Å². The van der Waals surface area contributed by atoms with Gasteiger partial charge in [0, 0.05) is 12.0 Å². The van der Waals surface area contributed by atoms with E-state index in [1.165, 1.54) is 29.5 Å². The molecule has 0 heterocycles. The number of ketones is 1. The summed E-state index contributed by atoms with van der Waals surface area (Å²) in [6.45, 7) is 0. The van der Waals surface area contributed by atoms with Crippen LogP contribution in [-0.4, -0.2) is 12.9 Å². The Labute approximate surface area is 95.6 Å². The smallest absolute Gasteiger partial charge is 0.163 e. The van der Waals surface area contributed by atoms with Gasteiger partial charge in [0.1, 0.15) is 5.75 Å². The summed E-state index contributed by atoms with van der Waals surface area (Å²) in [6.07, 6.45) is 6.37. The predicted octanol–water partition coefficient (Wildman–Crippen LogP) is 2.70. The number of Topliss-reactive ketones (excluding diaryl/α,β-unsaturated/α-hetero) is 1. The minimum absolute atomic E-state index is 0.293. The fourth-order valence-corrected chi connectivity index (χ4v) is 3.07. The largest absolute Gasteiger partial charge is 0.496 e. The lowest BCUT2D eigenvalue weighted by Crippen LogP contribution is -2.09. The van der Waals surface area contributed by atoms with Gasteiger partial charge in [-0.15, -0.1) is 0 Å². The fourth-order valence-electron chi connectivity index (χ4n) is 3.07. The van der Waals surface area contributed by atoms with E-state index in [1.54, 1.807) is 7.11 Å². The van der Waals surface area contributed by atoms with Crippen LogP contribution in [0.1, 0.15) is 46.3 Å².